The van der Waals surface area contributed by atoms with Crippen LogP contribution in [0.2, 0.25) is 0 Å². The summed E-state index contributed by atoms with van der Waals surface area (Å²) in [6, 6.07) is 5.63. The number of carbonyl (C=O) groups is 2. The molecule has 2 unspecified atom stereocenters. The van der Waals surface area contributed by atoms with Crippen molar-refractivity contribution >= 4 is 11.9 Å². The number of aromatic nitrogens is 1. The molecule has 5 heteroatoms. The number of hydrogen-bond donors (Lipinski definition) is 1. The van der Waals surface area contributed by atoms with Gasteiger partial charge in [-0.15, -0.1) is 0 Å². The molecule has 1 amide bonds. The zero-order valence-corrected chi connectivity index (χ0v) is 12.5. The van der Waals surface area contributed by atoms with E-state index in [-0.39, 0.29) is 11.9 Å². The van der Waals surface area contributed by atoms with Crippen molar-refractivity contribution in [2.24, 2.45) is 11.8 Å². The van der Waals surface area contributed by atoms with Gasteiger partial charge in [0.2, 0.25) is 5.91 Å². The molecule has 1 saturated carbocycles. The Balaban J connectivity index is 2.14. The van der Waals surface area contributed by atoms with Crippen molar-refractivity contribution in [2.45, 2.75) is 45.7 Å². The molecule has 0 bridgehead atoms. The fourth-order valence-electron chi connectivity index (χ4n) is 2.95. The van der Waals surface area contributed by atoms with Crippen LogP contribution >= 0.6 is 0 Å². The van der Waals surface area contributed by atoms with Crippen LogP contribution in [0.1, 0.15) is 38.8 Å². The lowest BCUT2D eigenvalue weighted by Gasteiger charge is -2.30. The fraction of sp³-hybridized carbons (Fsp3) is 0.562. The Morgan fingerprint density at radius 1 is 1.33 bits per heavy atom. The van der Waals surface area contributed by atoms with E-state index in [4.69, 9.17) is 0 Å². The van der Waals surface area contributed by atoms with Crippen molar-refractivity contribution in [3.05, 3.63) is 30.1 Å². The van der Waals surface area contributed by atoms with Crippen molar-refractivity contribution in [3.63, 3.8) is 0 Å². The number of carboxylic acids is 1. The van der Waals surface area contributed by atoms with Gasteiger partial charge < -0.3 is 10.0 Å². The lowest BCUT2D eigenvalue weighted by atomic mass is 9.94. The highest BCUT2D eigenvalue weighted by Crippen LogP contribution is 2.34. The third-order valence-corrected chi connectivity index (χ3v) is 4.12. The molecule has 1 aromatic rings. The second-order valence-corrected chi connectivity index (χ2v) is 5.86. The van der Waals surface area contributed by atoms with E-state index in [1.165, 1.54) is 0 Å². The van der Waals surface area contributed by atoms with E-state index in [2.05, 4.69) is 4.98 Å². The molecular formula is C16H22N2O3. The summed E-state index contributed by atoms with van der Waals surface area (Å²) in [7, 11) is 0. The minimum atomic E-state index is -0.854. The van der Waals surface area contributed by atoms with Gasteiger partial charge in [-0.2, -0.15) is 0 Å². The van der Waals surface area contributed by atoms with E-state index in [1.54, 1.807) is 11.1 Å². The van der Waals surface area contributed by atoms with Crippen LogP contribution in [0, 0.1) is 11.8 Å². The lowest BCUT2D eigenvalue weighted by molar-refractivity contribution is -0.150. The first kappa shape index (κ1) is 15.5. The molecule has 0 aliphatic heterocycles. The zero-order chi connectivity index (χ0) is 15.4. The predicted octanol–water partition coefficient (Wildman–Crippen LogP) is 2.32. The molecule has 1 aliphatic carbocycles. The van der Waals surface area contributed by atoms with Gasteiger partial charge in [0.05, 0.1) is 24.1 Å². The molecule has 1 aliphatic rings. The average Bonchev–Trinajstić information content (AvgIpc) is 2.94. The van der Waals surface area contributed by atoms with Crippen molar-refractivity contribution in [2.75, 3.05) is 0 Å². The molecule has 0 saturated heterocycles. The summed E-state index contributed by atoms with van der Waals surface area (Å²) in [5.41, 5.74) is 0.824. The summed E-state index contributed by atoms with van der Waals surface area (Å²) in [5.74, 6) is -1.84. The highest BCUT2D eigenvalue weighted by Gasteiger charge is 2.40. The molecule has 1 heterocycles. The van der Waals surface area contributed by atoms with E-state index >= 15 is 0 Å². The Morgan fingerprint density at radius 2 is 2.05 bits per heavy atom. The molecule has 2 rings (SSSR count). The van der Waals surface area contributed by atoms with Gasteiger partial charge in [-0.25, -0.2) is 0 Å². The van der Waals surface area contributed by atoms with E-state index in [9.17, 15) is 14.7 Å². The van der Waals surface area contributed by atoms with E-state index < -0.39 is 17.8 Å². The fourth-order valence-corrected chi connectivity index (χ4v) is 2.95. The van der Waals surface area contributed by atoms with Gasteiger partial charge in [-0.05, 0) is 38.8 Å². The molecule has 0 aromatic carbocycles. The Hall–Kier alpha value is -1.91. The minimum absolute atomic E-state index is 0.0227. The van der Waals surface area contributed by atoms with Gasteiger partial charge in [0.15, 0.2) is 0 Å². The first-order valence-electron chi connectivity index (χ1n) is 7.44. The van der Waals surface area contributed by atoms with Crippen LogP contribution in [0.15, 0.2) is 24.4 Å². The van der Waals surface area contributed by atoms with Crippen LogP contribution < -0.4 is 0 Å². The third-order valence-electron chi connectivity index (χ3n) is 4.12. The SMILES string of the molecule is CC(C)N(Cc1ccccn1)C(=O)C1CCCC1C(=O)O. The molecule has 5 nitrogen and oxygen atoms in total. The molecular weight excluding hydrogens is 268 g/mol. The Labute approximate surface area is 125 Å². The number of hydrogen-bond acceptors (Lipinski definition) is 3. The van der Waals surface area contributed by atoms with Crippen LogP contribution in [-0.2, 0) is 16.1 Å². The first-order chi connectivity index (χ1) is 10.0. The lowest BCUT2D eigenvalue weighted by Crippen LogP contribution is -2.42. The van der Waals surface area contributed by atoms with Crippen LogP contribution in [-0.4, -0.2) is 32.9 Å². The number of carbonyl (C=O) groups excluding carboxylic acids is 1. The maximum atomic E-state index is 12.7. The molecule has 21 heavy (non-hydrogen) atoms. The largest absolute Gasteiger partial charge is 0.481 e. The van der Waals surface area contributed by atoms with E-state index in [0.29, 0.717) is 19.4 Å². The van der Waals surface area contributed by atoms with Gasteiger partial charge in [-0.1, -0.05) is 12.5 Å². The monoisotopic (exact) mass is 290 g/mol. The van der Waals surface area contributed by atoms with Crippen LogP contribution in [0.4, 0.5) is 0 Å². The van der Waals surface area contributed by atoms with Crippen molar-refractivity contribution in [1.82, 2.24) is 9.88 Å². The van der Waals surface area contributed by atoms with Crippen LogP contribution in [0.25, 0.3) is 0 Å². The third kappa shape index (κ3) is 3.60. The summed E-state index contributed by atoms with van der Waals surface area (Å²) >= 11 is 0. The number of aliphatic carboxylic acids is 1. The van der Waals surface area contributed by atoms with Gasteiger partial charge in [-0.3, -0.25) is 14.6 Å². The summed E-state index contributed by atoms with van der Waals surface area (Å²) in [6.07, 6.45) is 3.78. The number of nitrogens with zero attached hydrogens (tertiary/aromatic N) is 2. The van der Waals surface area contributed by atoms with Crippen LogP contribution in [0.5, 0.6) is 0 Å². The van der Waals surface area contributed by atoms with Crippen LogP contribution in [0.3, 0.4) is 0 Å². The molecule has 114 valence electrons. The van der Waals surface area contributed by atoms with Crippen molar-refractivity contribution < 1.29 is 14.7 Å². The highest BCUT2D eigenvalue weighted by molar-refractivity contribution is 5.85. The summed E-state index contributed by atoms with van der Waals surface area (Å²) in [4.78, 5) is 30.0. The molecule has 0 radical (unpaired) electrons. The maximum absolute atomic E-state index is 12.7. The molecule has 1 N–H and O–H groups in total. The molecule has 0 spiro atoms. The number of carboxylic acid groups (broad SMARTS) is 1. The van der Waals surface area contributed by atoms with Crippen molar-refractivity contribution in [1.29, 1.82) is 0 Å². The maximum Gasteiger partial charge on any atom is 0.307 e. The van der Waals surface area contributed by atoms with Gasteiger partial charge in [0.25, 0.3) is 0 Å². The smallest absolute Gasteiger partial charge is 0.307 e. The Bertz CT molecular complexity index is 502. The predicted molar refractivity (Wildman–Crippen MR) is 78.4 cm³/mol. The first-order valence-corrected chi connectivity index (χ1v) is 7.44. The highest BCUT2D eigenvalue weighted by atomic mass is 16.4. The van der Waals surface area contributed by atoms with E-state index in [0.717, 1.165) is 12.1 Å². The second kappa shape index (κ2) is 6.70. The second-order valence-electron chi connectivity index (χ2n) is 5.86. The van der Waals surface area contributed by atoms with Gasteiger partial charge >= 0.3 is 5.97 Å². The Kier molecular flexibility index (Phi) is 4.94. The van der Waals surface area contributed by atoms with E-state index in [1.807, 2.05) is 32.0 Å². The summed E-state index contributed by atoms with van der Waals surface area (Å²) < 4.78 is 0. The Morgan fingerprint density at radius 3 is 2.62 bits per heavy atom. The summed E-state index contributed by atoms with van der Waals surface area (Å²) in [6.45, 7) is 4.33. The summed E-state index contributed by atoms with van der Waals surface area (Å²) in [5, 5.41) is 9.26. The number of pyridine rings is 1. The normalized spacial score (nSPS) is 21.5. The average molecular weight is 290 g/mol. The number of amides is 1. The topological polar surface area (TPSA) is 70.5 Å². The standard InChI is InChI=1S/C16H22N2O3/c1-11(2)18(10-12-6-3-4-9-17-12)15(19)13-7-5-8-14(13)16(20)21/h3-4,6,9,11,13-14H,5,7-8,10H2,1-2H3,(H,20,21). The van der Waals surface area contributed by atoms with Crippen molar-refractivity contribution in [3.8, 4) is 0 Å². The minimum Gasteiger partial charge on any atom is -0.481 e. The van der Waals surface area contributed by atoms with Gasteiger partial charge in [0.1, 0.15) is 0 Å². The number of rotatable bonds is 5. The molecule has 1 fully saturated rings. The molecule has 1 aromatic heterocycles. The quantitative estimate of drug-likeness (QED) is 0.903. The zero-order valence-electron chi connectivity index (χ0n) is 12.5. The molecule has 2 atom stereocenters. The van der Waals surface area contributed by atoms with Gasteiger partial charge in [0, 0.05) is 12.2 Å².